The Bertz CT molecular complexity index is 1160. The van der Waals surface area contributed by atoms with Crippen LogP contribution in [0.25, 0.3) is 11.0 Å². The third-order valence-corrected chi connectivity index (χ3v) is 8.54. The third kappa shape index (κ3) is 4.80. The molecule has 36 heavy (non-hydrogen) atoms. The number of aromatic nitrogens is 2. The SMILES string of the molecule is COC(=O)C(C)NC(=O)c1nc2ccccc2n(C2CC3CCC(C2)N3C2CCCCCCC2)c1=O. The molecule has 8 nitrogen and oxygen atoms in total. The summed E-state index contributed by atoms with van der Waals surface area (Å²) in [5.41, 5.74) is 0.831. The van der Waals surface area contributed by atoms with E-state index in [1.807, 2.05) is 28.8 Å². The number of esters is 1. The number of methoxy groups -OCH3 is 1. The van der Waals surface area contributed by atoms with E-state index in [4.69, 9.17) is 4.74 Å². The smallest absolute Gasteiger partial charge is 0.328 e. The van der Waals surface area contributed by atoms with Crippen LogP contribution in [0.2, 0.25) is 0 Å². The van der Waals surface area contributed by atoms with Gasteiger partial charge in [-0.15, -0.1) is 0 Å². The van der Waals surface area contributed by atoms with Crippen molar-refractivity contribution >= 4 is 22.9 Å². The van der Waals surface area contributed by atoms with Crippen molar-refractivity contribution in [3.05, 3.63) is 40.3 Å². The number of benzene rings is 1. The minimum Gasteiger partial charge on any atom is -0.467 e. The second-order valence-electron chi connectivity index (χ2n) is 10.8. The van der Waals surface area contributed by atoms with Gasteiger partial charge in [-0.1, -0.05) is 44.2 Å². The second-order valence-corrected chi connectivity index (χ2v) is 10.8. The highest BCUT2D eigenvalue weighted by molar-refractivity contribution is 5.96. The van der Waals surface area contributed by atoms with E-state index in [2.05, 4.69) is 15.2 Å². The lowest BCUT2D eigenvalue weighted by atomic mass is 9.89. The first-order chi connectivity index (χ1) is 17.5. The molecule has 1 aromatic carbocycles. The zero-order valence-electron chi connectivity index (χ0n) is 21.4. The molecule has 1 aliphatic carbocycles. The average molecular weight is 495 g/mol. The van der Waals surface area contributed by atoms with E-state index >= 15 is 0 Å². The number of carbonyl (C=O) groups is 2. The van der Waals surface area contributed by atoms with Crippen molar-refractivity contribution in [3.63, 3.8) is 0 Å². The van der Waals surface area contributed by atoms with Crippen molar-refractivity contribution in [1.29, 1.82) is 0 Å². The molecule has 3 unspecified atom stereocenters. The largest absolute Gasteiger partial charge is 0.467 e. The summed E-state index contributed by atoms with van der Waals surface area (Å²) in [4.78, 5) is 45.8. The number of hydrogen-bond acceptors (Lipinski definition) is 6. The van der Waals surface area contributed by atoms with Gasteiger partial charge in [0.05, 0.1) is 18.1 Å². The molecule has 1 saturated carbocycles. The van der Waals surface area contributed by atoms with E-state index in [-0.39, 0.29) is 17.3 Å². The van der Waals surface area contributed by atoms with Crippen molar-refractivity contribution in [3.8, 4) is 0 Å². The molecule has 0 radical (unpaired) electrons. The zero-order valence-corrected chi connectivity index (χ0v) is 21.4. The average Bonchev–Trinajstić information content (AvgIpc) is 3.11. The lowest BCUT2D eigenvalue weighted by Gasteiger charge is -2.45. The maximum absolute atomic E-state index is 13.8. The van der Waals surface area contributed by atoms with Gasteiger partial charge in [0.15, 0.2) is 5.69 Å². The van der Waals surface area contributed by atoms with Crippen molar-refractivity contribution in [1.82, 2.24) is 19.8 Å². The molecule has 2 aliphatic heterocycles. The van der Waals surface area contributed by atoms with Crippen LogP contribution in [0.15, 0.2) is 29.1 Å². The van der Waals surface area contributed by atoms with Gasteiger partial charge in [-0.2, -0.15) is 0 Å². The fourth-order valence-corrected chi connectivity index (χ4v) is 6.89. The lowest BCUT2D eigenvalue weighted by molar-refractivity contribution is -0.142. The Morgan fingerprint density at radius 3 is 2.25 bits per heavy atom. The molecular weight excluding hydrogens is 456 g/mol. The highest BCUT2D eigenvalue weighted by atomic mass is 16.5. The summed E-state index contributed by atoms with van der Waals surface area (Å²) in [6, 6.07) is 8.32. The van der Waals surface area contributed by atoms with E-state index in [0.29, 0.717) is 23.6 Å². The van der Waals surface area contributed by atoms with E-state index in [1.54, 1.807) is 0 Å². The highest BCUT2D eigenvalue weighted by Crippen LogP contribution is 2.44. The fourth-order valence-electron chi connectivity index (χ4n) is 6.89. The normalized spacial score (nSPS) is 26.2. The predicted molar refractivity (Wildman–Crippen MR) is 138 cm³/mol. The number of fused-ring (bicyclic) bond motifs is 3. The number of amides is 1. The van der Waals surface area contributed by atoms with Gasteiger partial charge in [-0.05, 0) is 57.6 Å². The summed E-state index contributed by atoms with van der Waals surface area (Å²) in [6.07, 6.45) is 13.5. The summed E-state index contributed by atoms with van der Waals surface area (Å²) >= 11 is 0. The van der Waals surface area contributed by atoms with Crippen LogP contribution in [-0.4, -0.2) is 57.6 Å². The van der Waals surface area contributed by atoms with Crippen LogP contribution in [-0.2, 0) is 9.53 Å². The molecular formula is C28H38N4O4. The first-order valence-corrected chi connectivity index (χ1v) is 13.7. The van der Waals surface area contributed by atoms with Gasteiger partial charge in [0.25, 0.3) is 11.5 Å². The number of rotatable bonds is 5. The molecule has 194 valence electrons. The van der Waals surface area contributed by atoms with Crippen LogP contribution in [0.1, 0.15) is 94.1 Å². The number of carbonyl (C=O) groups excluding carboxylic acids is 2. The number of piperidine rings is 1. The van der Waals surface area contributed by atoms with Gasteiger partial charge in [0, 0.05) is 24.2 Å². The molecule has 3 heterocycles. The van der Waals surface area contributed by atoms with E-state index < -0.39 is 17.9 Å². The second kappa shape index (κ2) is 10.7. The molecule has 1 aromatic heterocycles. The van der Waals surface area contributed by atoms with E-state index in [9.17, 15) is 14.4 Å². The minimum absolute atomic E-state index is 0.0253. The van der Waals surface area contributed by atoms with Crippen LogP contribution in [0, 0.1) is 0 Å². The van der Waals surface area contributed by atoms with E-state index in [0.717, 1.165) is 18.4 Å². The van der Waals surface area contributed by atoms with Gasteiger partial charge in [0.2, 0.25) is 0 Å². The standard InChI is InChI=1S/C28H38N4O4/c1-18(28(35)36-2)29-26(33)25-27(34)32(24-13-9-8-12-23(24)30-25)22-16-20-14-15-21(17-22)31(20)19-10-6-4-3-5-7-11-19/h8-9,12-13,18-22H,3-7,10-11,14-17H2,1-2H3,(H,29,33). The molecule has 3 atom stereocenters. The zero-order chi connectivity index (χ0) is 25.2. The topological polar surface area (TPSA) is 93.5 Å². The fraction of sp³-hybridized carbons (Fsp3) is 0.643. The Balaban J connectivity index is 1.45. The lowest BCUT2D eigenvalue weighted by Crippen LogP contribution is -2.50. The van der Waals surface area contributed by atoms with Crippen molar-refractivity contribution in [2.75, 3.05) is 7.11 Å². The highest BCUT2D eigenvalue weighted by Gasteiger charge is 2.44. The molecule has 3 fully saturated rings. The van der Waals surface area contributed by atoms with Crippen LogP contribution >= 0.6 is 0 Å². The number of hydrogen-bond donors (Lipinski definition) is 1. The molecule has 3 aliphatic rings. The summed E-state index contributed by atoms with van der Waals surface area (Å²) in [5.74, 6) is -1.21. The number of nitrogens with one attached hydrogen (secondary N) is 1. The third-order valence-electron chi connectivity index (χ3n) is 8.54. The van der Waals surface area contributed by atoms with E-state index in [1.165, 1.54) is 71.8 Å². The quantitative estimate of drug-likeness (QED) is 0.633. The number of nitrogens with zero attached hydrogens (tertiary/aromatic N) is 3. The number of ether oxygens (including phenoxy) is 1. The predicted octanol–water partition coefficient (Wildman–Crippen LogP) is 3.97. The molecule has 2 saturated heterocycles. The minimum atomic E-state index is -0.869. The Kier molecular flexibility index (Phi) is 7.42. The summed E-state index contributed by atoms with van der Waals surface area (Å²) in [5, 5.41) is 2.58. The molecule has 2 aromatic rings. The molecule has 1 N–H and O–H groups in total. The molecule has 2 bridgehead atoms. The van der Waals surface area contributed by atoms with Gasteiger partial charge >= 0.3 is 5.97 Å². The first kappa shape index (κ1) is 24.9. The van der Waals surface area contributed by atoms with Crippen LogP contribution < -0.4 is 10.9 Å². The molecule has 5 rings (SSSR count). The summed E-state index contributed by atoms with van der Waals surface area (Å²) < 4.78 is 6.53. The first-order valence-electron chi connectivity index (χ1n) is 13.7. The monoisotopic (exact) mass is 494 g/mol. The van der Waals surface area contributed by atoms with Gasteiger partial charge in [-0.25, -0.2) is 9.78 Å². The van der Waals surface area contributed by atoms with Crippen molar-refractivity contribution in [2.24, 2.45) is 0 Å². The summed E-state index contributed by atoms with van der Waals surface area (Å²) in [7, 11) is 1.27. The Morgan fingerprint density at radius 2 is 1.58 bits per heavy atom. The van der Waals surface area contributed by atoms with Gasteiger partial charge in [-0.3, -0.25) is 14.5 Å². The van der Waals surface area contributed by atoms with Crippen molar-refractivity contribution < 1.29 is 14.3 Å². The van der Waals surface area contributed by atoms with Crippen LogP contribution in [0.5, 0.6) is 0 Å². The molecule has 1 amide bonds. The molecule has 0 spiro atoms. The van der Waals surface area contributed by atoms with Crippen molar-refractivity contribution in [2.45, 2.75) is 108 Å². The maximum Gasteiger partial charge on any atom is 0.328 e. The summed E-state index contributed by atoms with van der Waals surface area (Å²) in [6.45, 7) is 1.53. The number of para-hydroxylation sites is 2. The molecule has 8 heteroatoms. The maximum atomic E-state index is 13.8. The van der Waals surface area contributed by atoms with Crippen LogP contribution in [0.3, 0.4) is 0 Å². The Morgan fingerprint density at radius 1 is 0.944 bits per heavy atom. The van der Waals surface area contributed by atoms with Crippen LogP contribution in [0.4, 0.5) is 0 Å². The van der Waals surface area contributed by atoms with Gasteiger partial charge in [0.1, 0.15) is 6.04 Å². The Labute approximate surface area is 212 Å². The Hall–Kier alpha value is -2.74. The van der Waals surface area contributed by atoms with Gasteiger partial charge < -0.3 is 14.6 Å².